The molecular weight excluding hydrogens is 332 g/mol. The Bertz CT molecular complexity index is 1040. The summed E-state index contributed by atoms with van der Waals surface area (Å²) in [5.74, 6) is 0.917. The van der Waals surface area contributed by atoms with Crippen molar-refractivity contribution in [2.45, 2.75) is 19.4 Å². The van der Waals surface area contributed by atoms with E-state index in [1.54, 1.807) is 18.2 Å². The number of fused-ring (bicyclic) bond motifs is 2. The molecule has 2 heterocycles. The summed E-state index contributed by atoms with van der Waals surface area (Å²) in [6.45, 7) is 2.63. The molecule has 7 nitrogen and oxygen atoms in total. The van der Waals surface area contributed by atoms with E-state index in [4.69, 9.17) is 4.74 Å². The number of aromatic amines is 1. The number of carbonyl (C=O) groups is 1. The summed E-state index contributed by atoms with van der Waals surface area (Å²) in [5.41, 5.74) is 3.05. The minimum atomic E-state index is -0.339. The van der Waals surface area contributed by atoms with Gasteiger partial charge in [-0.15, -0.1) is 0 Å². The number of H-pyrrole nitrogens is 1. The summed E-state index contributed by atoms with van der Waals surface area (Å²) in [5, 5.41) is 6.09. The summed E-state index contributed by atoms with van der Waals surface area (Å²) in [6, 6.07) is 10.5. The lowest BCUT2D eigenvalue weighted by Crippen LogP contribution is -2.31. The standard InChI is InChI=1S/C19H18N4O3/c1-11(12-2-5-17-13(8-12)6-7-26-17)22-19(25)23-14-3-4-16-15(9-14)18(24)21-10-20-16/h2-5,8-11H,6-7H2,1H3,(H,20,21,24)(H2,22,23,25)/t11-/m1/s1. The van der Waals surface area contributed by atoms with Gasteiger partial charge in [0.25, 0.3) is 5.56 Å². The summed E-state index contributed by atoms with van der Waals surface area (Å²) >= 11 is 0. The number of carbonyl (C=O) groups excluding carboxylic acids is 1. The molecule has 1 aliphatic rings. The Balaban J connectivity index is 1.47. The largest absolute Gasteiger partial charge is 0.493 e. The van der Waals surface area contributed by atoms with Gasteiger partial charge in [0.15, 0.2) is 0 Å². The molecule has 0 saturated heterocycles. The van der Waals surface area contributed by atoms with Gasteiger partial charge >= 0.3 is 6.03 Å². The predicted molar refractivity (Wildman–Crippen MR) is 98.6 cm³/mol. The highest BCUT2D eigenvalue weighted by atomic mass is 16.5. The van der Waals surface area contributed by atoms with Crippen molar-refractivity contribution in [3.05, 3.63) is 64.2 Å². The first-order chi connectivity index (χ1) is 12.6. The van der Waals surface area contributed by atoms with Gasteiger partial charge in [-0.1, -0.05) is 6.07 Å². The number of nitrogens with zero attached hydrogens (tertiary/aromatic N) is 1. The normalized spacial score (nSPS) is 13.7. The van der Waals surface area contributed by atoms with Crippen LogP contribution in [0.3, 0.4) is 0 Å². The van der Waals surface area contributed by atoms with Crippen LogP contribution in [0, 0.1) is 0 Å². The van der Waals surface area contributed by atoms with Crippen LogP contribution in [0.15, 0.2) is 47.5 Å². The summed E-state index contributed by atoms with van der Waals surface area (Å²) in [7, 11) is 0. The molecule has 2 amide bonds. The number of hydrogen-bond donors (Lipinski definition) is 3. The summed E-state index contributed by atoms with van der Waals surface area (Å²) in [4.78, 5) is 30.7. The smallest absolute Gasteiger partial charge is 0.319 e. The second-order valence-electron chi connectivity index (χ2n) is 6.25. The van der Waals surface area contributed by atoms with Gasteiger partial charge < -0.3 is 20.4 Å². The molecule has 4 rings (SSSR count). The van der Waals surface area contributed by atoms with Crippen LogP contribution in [-0.4, -0.2) is 22.6 Å². The number of aromatic nitrogens is 2. The molecule has 1 aliphatic heterocycles. The number of hydrogen-bond acceptors (Lipinski definition) is 4. The molecule has 0 spiro atoms. The maximum absolute atomic E-state index is 12.3. The Morgan fingerprint density at radius 3 is 3.04 bits per heavy atom. The summed E-state index contributed by atoms with van der Waals surface area (Å²) < 4.78 is 5.51. The molecule has 3 aromatic rings. The van der Waals surface area contributed by atoms with Crippen molar-refractivity contribution in [1.82, 2.24) is 15.3 Å². The quantitative estimate of drug-likeness (QED) is 0.677. The van der Waals surface area contributed by atoms with Gasteiger partial charge in [0.05, 0.1) is 29.9 Å². The molecule has 2 aromatic carbocycles. The van der Waals surface area contributed by atoms with Crippen molar-refractivity contribution in [2.24, 2.45) is 0 Å². The van der Waals surface area contributed by atoms with E-state index in [-0.39, 0.29) is 17.6 Å². The molecule has 0 unspecified atom stereocenters. The van der Waals surface area contributed by atoms with Crippen LogP contribution >= 0.6 is 0 Å². The third-order valence-corrected chi connectivity index (χ3v) is 4.46. The van der Waals surface area contributed by atoms with Crippen molar-refractivity contribution >= 4 is 22.6 Å². The average Bonchev–Trinajstić information content (AvgIpc) is 3.10. The Kier molecular flexibility index (Phi) is 4.04. The van der Waals surface area contributed by atoms with Crippen LogP contribution < -0.4 is 20.9 Å². The van der Waals surface area contributed by atoms with Gasteiger partial charge in [-0.3, -0.25) is 4.79 Å². The van der Waals surface area contributed by atoms with Gasteiger partial charge in [-0.25, -0.2) is 9.78 Å². The van der Waals surface area contributed by atoms with Crippen LogP contribution in [0.2, 0.25) is 0 Å². The van der Waals surface area contributed by atoms with Gasteiger partial charge in [0.2, 0.25) is 0 Å². The van der Waals surface area contributed by atoms with Gasteiger partial charge in [0.1, 0.15) is 5.75 Å². The topological polar surface area (TPSA) is 96.1 Å². The zero-order valence-corrected chi connectivity index (χ0v) is 14.2. The van der Waals surface area contributed by atoms with Crippen LogP contribution in [0.1, 0.15) is 24.1 Å². The van der Waals surface area contributed by atoms with Crippen LogP contribution in [0.5, 0.6) is 5.75 Å². The zero-order chi connectivity index (χ0) is 18.1. The number of anilines is 1. The predicted octanol–water partition coefficient (Wildman–Crippen LogP) is 2.74. The Hall–Kier alpha value is -3.35. The van der Waals surface area contributed by atoms with Crippen LogP contribution in [0.25, 0.3) is 10.9 Å². The second kappa shape index (κ2) is 6.51. The lowest BCUT2D eigenvalue weighted by molar-refractivity contribution is 0.249. The third kappa shape index (κ3) is 3.11. The van der Waals surface area contributed by atoms with E-state index in [0.29, 0.717) is 23.2 Å². The molecule has 0 bridgehead atoms. The number of ether oxygens (including phenoxy) is 1. The Morgan fingerprint density at radius 1 is 1.27 bits per heavy atom. The van der Waals surface area contributed by atoms with E-state index in [9.17, 15) is 9.59 Å². The summed E-state index contributed by atoms with van der Waals surface area (Å²) in [6.07, 6.45) is 2.25. The van der Waals surface area contributed by atoms with E-state index in [2.05, 4.69) is 26.7 Å². The zero-order valence-electron chi connectivity index (χ0n) is 14.2. The molecule has 0 radical (unpaired) electrons. The van der Waals surface area contributed by atoms with E-state index in [0.717, 1.165) is 23.3 Å². The second-order valence-corrected chi connectivity index (χ2v) is 6.25. The monoisotopic (exact) mass is 350 g/mol. The van der Waals surface area contributed by atoms with E-state index >= 15 is 0 Å². The van der Waals surface area contributed by atoms with Gasteiger partial charge in [0, 0.05) is 12.1 Å². The van der Waals surface area contributed by atoms with Crippen LogP contribution in [0.4, 0.5) is 10.5 Å². The highest BCUT2D eigenvalue weighted by Gasteiger charge is 2.16. The molecule has 0 saturated carbocycles. The molecule has 1 atom stereocenters. The van der Waals surface area contributed by atoms with Crippen molar-refractivity contribution in [3.8, 4) is 5.75 Å². The maximum atomic E-state index is 12.3. The number of benzene rings is 2. The Morgan fingerprint density at radius 2 is 2.15 bits per heavy atom. The SMILES string of the molecule is C[C@@H](NC(=O)Nc1ccc2nc[nH]c(=O)c2c1)c1ccc2c(c1)CCO2. The molecule has 0 aliphatic carbocycles. The fraction of sp³-hybridized carbons (Fsp3) is 0.211. The lowest BCUT2D eigenvalue weighted by Gasteiger charge is -2.16. The molecule has 7 heteroatoms. The first-order valence-electron chi connectivity index (χ1n) is 8.41. The fourth-order valence-corrected chi connectivity index (χ4v) is 3.07. The number of urea groups is 1. The minimum Gasteiger partial charge on any atom is -0.493 e. The molecule has 3 N–H and O–H groups in total. The Labute approximate surface area is 149 Å². The number of nitrogens with one attached hydrogen (secondary N) is 3. The number of rotatable bonds is 3. The van der Waals surface area contributed by atoms with Gasteiger partial charge in [-0.2, -0.15) is 0 Å². The van der Waals surface area contributed by atoms with Crippen molar-refractivity contribution in [2.75, 3.05) is 11.9 Å². The van der Waals surface area contributed by atoms with Crippen molar-refractivity contribution in [3.63, 3.8) is 0 Å². The van der Waals surface area contributed by atoms with Crippen molar-refractivity contribution in [1.29, 1.82) is 0 Å². The van der Waals surface area contributed by atoms with E-state index in [1.165, 1.54) is 6.33 Å². The maximum Gasteiger partial charge on any atom is 0.319 e. The molecule has 26 heavy (non-hydrogen) atoms. The van der Waals surface area contributed by atoms with E-state index < -0.39 is 0 Å². The molecule has 1 aromatic heterocycles. The third-order valence-electron chi connectivity index (χ3n) is 4.46. The highest BCUT2D eigenvalue weighted by molar-refractivity contribution is 5.92. The van der Waals surface area contributed by atoms with Crippen LogP contribution in [-0.2, 0) is 6.42 Å². The highest BCUT2D eigenvalue weighted by Crippen LogP contribution is 2.28. The number of amides is 2. The van der Waals surface area contributed by atoms with Gasteiger partial charge in [-0.05, 0) is 48.4 Å². The van der Waals surface area contributed by atoms with Crippen molar-refractivity contribution < 1.29 is 9.53 Å². The lowest BCUT2D eigenvalue weighted by atomic mass is 10.0. The van der Waals surface area contributed by atoms with E-state index in [1.807, 2.05) is 19.1 Å². The fourth-order valence-electron chi connectivity index (χ4n) is 3.07. The molecule has 0 fully saturated rings. The first-order valence-corrected chi connectivity index (χ1v) is 8.41. The average molecular weight is 350 g/mol. The first kappa shape index (κ1) is 16.1. The minimum absolute atomic E-state index is 0.161. The molecule has 132 valence electrons. The molecular formula is C19H18N4O3.